The van der Waals surface area contributed by atoms with E-state index in [2.05, 4.69) is 41.5 Å². The Morgan fingerprint density at radius 2 is 0.481 bits per heavy atom. The van der Waals surface area contributed by atoms with Crippen molar-refractivity contribution in [2.24, 2.45) is 11.8 Å². The minimum absolute atomic E-state index is 0.108. The van der Waals surface area contributed by atoms with Gasteiger partial charge in [0.1, 0.15) is 19.3 Å². The number of ether oxygens (including phenoxy) is 4. The van der Waals surface area contributed by atoms with E-state index in [-0.39, 0.29) is 25.7 Å². The van der Waals surface area contributed by atoms with Crippen molar-refractivity contribution in [3.05, 3.63) is 0 Å². The lowest BCUT2D eigenvalue weighted by Crippen LogP contribution is -2.30. The van der Waals surface area contributed by atoms with Crippen LogP contribution in [0.25, 0.3) is 0 Å². The van der Waals surface area contributed by atoms with Gasteiger partial charge in [0.25, 0.3) is 0 Å². The summed E-state index contributed by atoms with van der Waals surface area (Å²) < 4.78 is 69.0. The largest absolute Gasteiger partial charge is 0.472 e. The van der Waals surface area contributed by atoms with Crippen molar-refractivity contribution in [1.29, 1.82) is 0 Å². The van der Waals surface area contributed by atoms with Crippen LogP contribution in [0.15, 0.2) is 0 Å². The zero-order valence-electron chi connectivity index (χ0n) is 69.7. The fourth-order valence-corrected chi connectivity index (χ4v) is 15.1. The Morgan fingerprint density at radius 1 is 0.274 bits per heavy atom. The molecule has 0 saturated carbocycles. The molecule has 0 fully saturated rings. The van der Waals surface area contributed by atoms with Crippen LogP contribution >= 0.6 is 15.6 Å². The maximum Gasteiger partial charge on any atom is 0.472 e. The van der Waals surface area contributed by atoms with Gasteiger partial charge in [-0.1, -0.05) is 414 Å². The van der Waals surface area contributed by atoms with E-state index < -0.39 is 97.5 Å². The van der Waals surface area contributed by atoms with Crippen LogP contribution in [-0.4, -0.2) is 96.7 Å². The normalized spacial score (nSPS) is 14.1. The fraction of sp³-hybridized carbons (Fsp3) is 0.954. The Bertz CT molecular complexity index is 2030. The van der Waals surface area contributed by atoms with Crippen molar-refractivity contribution in [2.45, 2.75) is 484 Å². The molecule has 17 nitrogen and oxygen atoms in total. The molecule has 0 aromatic carbocycles. The summed E-state index contributed by atoms with van der Waals surface area (Å²) in [5, 5.41) is 10.7. The van der Waals surface area contributed by atoms with E-state index >= 15 is 0 Å². The Labute approximate surface area is 651 Å². The first-order valence-electron chi connectivity index (χ1n) is 45.0. The van der Waals surface area contributed by atoms with E-state index in [0.717, 1.165) is 102 Å². The molecule has 3 unspecified atom stereocenters. The number of unbranched alkanes of at least 4 members (excludes halogenated alkanes) is 55. The number of phosphoric ester groups is 2. The molecule has 0 aromatic rings. The molecule has 6 atom stereocenters. The lowest BCUT2D eigenvalue weighted by Gasteiger charge is -2.21. The van der Waals surface area contributed by atoms with E-state index in [1.165, 1.54) is 283 Å². The number of carbonyl (C=O) groups is 4. The molecule has 0 aliphatic heterocycles. The predicted molar refractivity (Wildman–Crippen MR) is 437 cm³/mol. The van der Waals surface area contributed by atoms with Crippen LogP contribution in [0.3, 0.4) is 0 Å². The quantitative estimate of drug-likeness (QED) is 0.0222. The predicted octanol–water partition coefficient (Wildman–Crippen LogP) is 26.6. The molecule has 0 heterocycles. The highest BCUT2D eigenvalue weighted by Gasteiger charge is 2.30. The maximum absolute atomic E-state index is 13.2. The molecule has 0 saturated heterocycles. The lowest BCUT2D eigenvalue weighted by molar-refractivity contribution is -0.161. The molecule has 0 radical (unpaired) electrons. The molecule has 0 amide bonds. The Kier molecular flexibility index (Phi) is 76.9. The third-order valence-corrected chi connectivity index (χ3v) is 22.7. The van der Waals surface area contributed by atoms with Gasteiger partial charge in [-0.3, -0.25) is 37.3 Å². The number of esters is 4. The number of hydrogen-bond acceptors (Lipinski definition) is 15. The van der Waals surface area contributed by atoms with Crippen LogP contribution in [0.1, 0.15) is 465 Å². The van der Waals surface area contributed by atoms with Crippen LogP contribution in [0.2, 0.25) is 0 Å². The van der Waals surface area contributed by atoms with E-state index in [1.54, 1.807) is 0 Å². The number of aliphatic hydroxyl groups is 1. The first-order chi connectivity index (χ1) is 51.4. The second-order valence-electron chi connectivity index (χ2n) is 32.0. The van der Waals surface area contributed by atoms with Gasteiger partial charge in [-0.2, -0.15) is 0 Å². The van der Waals surface area contributed by atoms with Crippen molar-refractivity contribution >= 4 is 39.5 Å². The van der Waals surface area contributed by atoms with E-state index in [4.69, 9.17) is 37.0 Å². The maximum atomic E-state index is 13.2. The van der Waals surface area contributed by atoms with E-state index in [0.29, 0.717) is 25.7 Å². The topological polar surface area (TPSA) is 237 Å². The fourth-order valence-electron chi connectivity index (χ4n) is 13.6. The minimum Gasteiger partial charge on any atom is -0.462 e. The molecule has 0 spiro atoms. The van der Waals surface area contributed by atoms with Crippen molar-refractivity contribution in [3.8, 4) is 0 Å². The third-order valence-electron chi connectivity index (χ3n) is 20.8. The zero-order chi connectivity index (χ0) is 77.8. The van der Waals surface area contributed by atoms with E-state index in [1.807, 2.05) is 0 Å². The summed E-state index contributed by atoms with van der Waals surface area (Å²) in [6, 6.07) is 0. The highest BCUT2D eigenvalue weighted by atomic mass is 31.2. The summed E-state index contributed by atoms with van der Waals surface area (Å²) in [5.41, 5.74) is 0. The molecule has 19 heteroatoms. The van der Waals surface area contributed by atoms with Crippen LogP contribution in [0.5, 0.6) is 0 Å². The first-order valence-corrected chi connectivity index (χ1v) is 48.0. The Balaban J connectivity index is 5.25. The van der Waals surface area contributed by atoms with Crippen molar-refractivity contribution in [2.75, 3.05) is 39.6 Å². The summed E-state index contributed by atoms with van der Waals surface area (Å²) in [5.74, 6) is -0.450. The zero-order valence-corrected chi connectivity index (χ0v) is 71.5. The highest BCUT2D eigenvalue weighted by Crippen LogP contribution is 2.45. The van der Waals surface area contributed by atoms with Crippen molar-refractivity contribution in [1.82, 2.24) is 0 Å². The van der Waals surface area contributed by atoms with Crippen LogP contribution < -0.4 is 0 Å². The number of hydrogen-bond donors (Lipinski definition) is 3. The number of carbonyl (C=O) groups excluding carboxylic acids is 4. The Hall–Kier alpha value is -1.94. The number of aliphatic hydroxyl groups excluding tert-OH is 1. The van der Waals surface area contributed by atoms with Crippen LogP contribution in [0.4, 0.5) is 0 Å². The smallest absolute Gasteiger partial charge is 0.462 e. The number of phosphoric acid groups is 2. The Morgan fingerprint density at radius 3 is 0.717 bits per heavy atom. The number of rotatable bonds is 86. The average Bonchev–Trinajstić information content (AvgIpc) is 0.900. The van der Waals surface area contributed by atoms with Gasteiger partial charge in [-0.15, -0.1) is 0 Å². The standard InChI is InChI=1S/C87H170O17P2/c1-7-10-12-14-16-18-20-22-23-29-33-40-46-52-58-64-70-85(90)98-76-82(103-86(91)71-65-59-53-47-41-34-30-27-25-24-26-28-32-38-44-50-56-62-68-80(6)9-3)77-101-105(93,94)99-73-81(88)74-100-106(95,96)102-78-83(75-97-84(89)69-63-57-51-45-39-31-21-19-17-15-13-11-8-2)104-87(92)72-66-60-54-48-42-36-35-37-43-49-55-61-67-79(4)5/h79-83,88H,7-78H2,1-6H3,(H,93,94)(H,95,96)/t80?,81-,82-,83-/m1/s1. The van der Waals surface area contributed by atoms with Crippen molar-refractivity contribution < 1.29 is 80.2 Å². The summed E-state index contributed by atoms with van der Waals surface area (Å²) in [7, 11) is -9.93. The molecule has 630 valence electrons. The van der Waals surface area contributed by atoms with Gasteiger partial charge in [0, 0.05) is 25.7 Å². The van der Waals surface area contributed by atoms with Gasteiger partial charge >= 0.3 is 39.5 Å². The lowest BCUT2D eigenvalue weighted by atomic mass is 9.99. The molecule has 0 bridgehead atoms. The molecule has 3 N–H and O–H groups in total. The monoisotopic (exact) mass is 1550 g/mol. The van der Waals surface area contributed by atoms with Gasteiger partial charge < -0.3 is 33.8 Å². The molecule has 0 aliphatic carbocycles. The molecular weight excluding hydrogens is 1380 g/mol. The minimum atomic E-state index is -4.97. The molecule has 106 heavy (non-hydrogen) atoms. The molecule has 0 aliphatic rings. The molecule has 0 aromatic heterocycles. The summed E-state index contributed by atoms with van der Waals surface area (Å²) in [6.45, 7) is 9.76. The SMILES string of the molecule is CCCCCCCCCCCCCCCCCCC(=O)OC[C@H](COP(=O)(O)OC[C@@H](O)COP(=O)(O)OC[C@@H](COC(=O)CCCCCCCCCCCCCCC)OC(=O)CCCCCCCCCCCCCCC(C)C)OC(=O)CCCCCCCCCCCCCCCCCCCCC(C)CC. The van der Waals surface area contributed by atoms with Gasteiger partial charge in [0.15, 0.2) is 12.2 Å². The van der Waals surface area contributed by atoms with Gasteiger partial charge in [-0.25, -0.2) is 9.13 Å². The molecule has 0 rings (SSSR count). The second-order valence-corrected chi connectivity index (χ2v) is 34.9. The van der Waals surface area contributed by atoms with Crippen LogP contribution in [0, 0.1) is 11.8 Å². The highest BCUT2D eigenvalue weighted by molar-refractivity contribution is 7.47. The van der Waals surface area contributed by atoms with Crippen LogP contribution in [-0.2, 0) is 65.4 Å². The second kappa shape index (κ2) is 78.3. The first kappa shape index (κ1) is 104. The van der Waals surface area contributed by atoms with E-state index in [9.17, 15) is 43.2 Å². The van der Waals surface area contributed by atoms with Gasteiger partial charge in [0.2, 0.25) is 0 Å². The van der Waals surface area contributed by atoms with Crippen molar-refractivity contribution in [3.63, 3.8) is 0 Å². The summed E-state index contributed by atoms with van der Waals surface area (Å²) >= 11 is 0. The molecular formula is C87H170O17P2. The average molecular weight is 1550 g/mol. The van der Waals surface area contributed by atoms with Gasteiger partial charge in [-0.05, 0) is 37.5 Å². The summed E-state index contributed by atoms with van der Waals surface area (Å²) in [4.78, 5) is 73.3. The third kappa shape index (κ3) is 78.7. The van der Waals surface area contributed by atoms with Gasteiger partial charge in [0.05, 0.1) is 26.4 Å². The summed E-state index contributed by atoms with van der Waals surface area (Å²) in [6.07, 6.45) is 70.6.